The van der Waals surface area contributed by atoms with E-state index < -0.39 is 0 Å². The molecule has 0 fully saturated rings. The van der Waals surface area contributed by atoms with Crippen molar-refractivity contribution in [3.8, 4) is 11.8 Å². The van der Waals surface area contributed by atoms with Crippen LogP contribution in [-0.4, -0.2) is 14.3 Å². The Bertz CT molecular complexity index is 967. The molecule has 0 radical (unpaired) electrons. The van der Waals surface area contributed by atoms with Crippen molar-refractivity contribution >= 4 is 10.8 Å². The van der Waals surface area contributed by atoms with Crippen molar-refractivity contribution in [2.45, 2.75) is 13.3 Å². The van der Waals surface area contributed by atoms with Crippen LogP contribution in [0.15, 0.2) is 41.5 Å². The third kappa shape index (κ3) is 2.42. The highest BCUT2D eigenvalue weighted by atomic mass is 16.1. The molecule has 1 aromatic carbocycles. The van der Waals surface area contributed by atoms with Gasteiger partial charge in [0.05, 0.1) is 17.1 Å². The van der Waals surface area contributed by atoms with E-state index >= 15 is 0 Å². The standard InChI is InChI=1S/C18H17N3O/c1-4-16-10-15-7-5-6-14(17(15)18(22)21(16)3)9-8-13-11-19-20(2)12-13/h5-7,10-12H,4H2,1-3H3. The van der Waals surface area contributed by atoms with Crippen molar-refractivity contribution in [2.24, 2.45) is 14.1 Å². The second-order valence-electron chi connectivity index (χ2n) is 5.28. The number of aromatic nitrogens is 3. The lowest BCUT2D eigenvalue weighted by molar-refractivity contribution is 0.767. The van der Waals surface area contributed by atoms with Gasteiger partial charge in [0.1, 0.15) is 0 Å². The Morgan fingerprint density at radius 1 is 1.23 bits per heavy atom. The Hall–Kier alpha value is -2.80. The fraction of sp³-hybridized carbons (Fsp3) is 0.222. The molecule has 0 aliphatic rings. The van der Waals surface area contributed by atoms with Crippen LogP contribution >= 0.6 is 0 Å². The summed E-state index contributed by atoms with van der Waals surface area (Å²) in [6.07, 6.45) is 4.39. The average molecular weight is 291 g/mol. The molecule has 0 unspecified atom stereocenters. The van der Waals surface area contributed by atoms with Crippen molar-refractivity contribution in [3.05, 3.63) is 63.8 Å². The minimum atomic E-state index is 0.00503. The summed E-state index contributed by atoms with van der Waals surface area (Å²) in [5.74, 6) is 6.17. The van der Waals surface area contributed by atoms with Crippen LogP contribution < -0.4 is 5.56 Å². The molecule has 0 N–H and O–H groups in total. The molecule has 3 rings (SSSR count). The zero-order valence-corrected chi connectivity index (χ0v) is 12.9. The second kappa shape index (κ2) is 5.53. The number of aryl methyl sites for hydroxylation is 2. The molecule has 4 nitrogen and oxygen atoms in total. The molecule has 0 spiro atoms. The van der Waals surface area contributed by atoms with Crippen LogP contribution in [0.3, 0.4) is 0 Å². The number of fused-ring (bicyclic) bond motifs is 1. The first-order valence-electron chi connectivity index (χ1n) is 7.22. The van der Waals surface area contributed by atoms with Gasteiger partial charge in [0.15, 0.2) is 0 Å². The Kier molecular flexibility index (Phi) is 3.56. The molecule has 0 saturated carbocycles. The highest BCUT2D eigenvalue weighted by molar-refractivity contribution is 5.87. The summed E-state index contributed by atoms with van der Waals surface area (Å²) in [7, 11) is 3.66. The predicted molar refractivity (Wildman–Crippen MR) is 87.8 cm³/mol. The first-order chi connectivity index (χ1) is 10.6. The molecule has 22 heavy (non-hydrogen) atoms. The number of rotatable bonds is 1. The monoisotopic (exact) mass is 291 g/mol. The van der Waals surface area contributed by atoms with Gasteiger partial charge < -0.3 is 4.57 Å². The van der Waals surface area contributed by atoms with Crippen molar-refractivity contribution in [3.63, 3.8) is 0 Å². The van der Waals surface area contributed by atoms with Crippen molar-refractivity contribution in [2.75, 3.05) is 0 Å². The summed E-state index contributed by atoms with van der Waals surface area (Å²) in [5, 5.41) is 5.72. The third-order valence-corrected chi connectivity index (χ3v) is 3.78. The summed E-state index contributed by atoms with van der Waals surface area (Å²) in [6, 6.07) is 7.85. The van der Waals surface area contributed by atoms with E-state index in [0.29, 0.717) is 5.39 Å². The van der Waals surface area contributed by atoms with Gasteiger partial charge in [-0.2, -0.15) is 5.10 Å². The van der Waals surface area contributed by atoms with Crippen LogP contribution in [0.25, 0.3) is 10.8 Å². The lowest BCUT2D eigenvalue weighted by Crippen LogP contribution is -2.20. The molecule has 0 aliphatic carbocycles. The molecule has 2 aromatic heterocycles. The van der Waals surface area contributed by atoms with Crippen LogP contribution in [0.5, 0.6) is 0 Å². The van der Waals surface area contributed by atoms with E-state index in [-0.39, 0.29) is 5.56 Å². The molecular weight excluding hydrogens is 274 g/mol. The van der Waals surface area contributed by atoms with Gasteiger partial charge in [0, 0.05) is 31.5 Å². The van der Waals surface area contributed by atoms with Gasteiger partial charge in [-0.3, -0.25) is 9.48 Å². The van der Waals surface area contributed by atoms with Crippen LogP contribution in [0.1, 0.15) is 23.7 Å². The minimum absolute atomic E-state index is 0.00503. The largest absolute Gasteiger partial charge is 0.315 e. The minimum Gasteiger partial charge on any atom is -0.315 e. The topological polar surface area (TPSA) is 39.8 Å². The molecule has 0 atom stereocenters. The van der Waals surface area contributed by atoms with Crippen molar-refractivity contribution < 1.29 is 0 Å². The number of hydrogen-bond donors (Lipinski definition) is 0. The van der Waals surface area contributed by atoms with E-state index in [1.54, 1.807) is 15.4 Å². The van der Waals surface area contributed by atoms with Crippen LogP contribution in [0.2, 0.25) is 0 Å². The zero-order valence-electron chi connectivity index (χ0n) is 12.9. The summed E-state index contributed by atoms with van der Waals surface area (Å²) in [6.45, 7) is 2.05. The average Bonchev–Trinajstić information content (AvgIpc) is 2.94. The number of benzene rings is 1. The number of hydrogen-bond acceptors (Lipinski definition) is 2. The summed E-state index contributed by atoms with van der Waals surface area (Å²) >= 11 is 0. The van der Waals surface area contributed by atoms with Crippen molar-refractivity contribution in [1.82, 2.24) is 14.3 Å². The van der Waals surface area contributed by atoms with E-state index in [1.807, 2.05) is 45.4 Å². The molecule has 4 heteroatoms. The Morgan fingerprint density at radius 2 is 2.05 bits per heavy atom. The Morgan fingerprint density at radius 3 is 2.73 bits per heavy atom. The maximum Gasteiger partial charge on any atom is 0.259 e. The van der Waals surface area contributed by atoms with E-state index in [2.05, 4.69) is 23.0 Å². The van der Waals surface area contributed by atoms with E-state index in [9.17, 15) is 4.79 Å². The lowest BCUT2D eigenvalue weighted by Gasteiger charge is -2.09. The number of nitrogens with zero attached hydrogens (tertiary/aromatic N) is 3. The molecule has 2 heterocycles. The van der Waals surface area contributed by atoms with Gasteiger partial charge in [0.2, 0.25) is 0 Å². The van der Waals surface area contributed by atoms with Gasteiger partial charge in [-0.25, -0.2) is 0 Å². The van der Waals surface area contributed by atoms with E-state index in [4.69, 9.17) is 0 Å². The van der Waals surface area contributed by atoms with Gasteiger partial charge in [-0.15, -0.1) is 0 Å². The van der Waals surface area contributed by atoms with Crippen LogP contribution in [0, 0.1) is 11.8 Å². The summed E-state index contributed by atoms with van der Waals surface area (Å²) in [5.41, 5.74) is 2.62. The molecule has 110 valence electrons. The Balaban J connectivity index is 2.21. The smallest absolute Gasteiger partial charge is 0.259 e. The van der Waals surface area contributed by atoms with E-state index in [1.165, 1.54) is 0 Å². The van der Waals surface area contributed by atoms with Crippen molar-refractivity contribution in [1.29, 1.82) is 0 Å². The fourth-order valence-corrected chi connectivity index (χ4v) is 2.57. The summed E-state index contributed by atoms with van der Waals surface area (Å²) in [4.78, 5) is 12.6. The van der Waals surface area contributed by atoms with E-state index in [0.717, 1.165) is 28.6 Å². The number of pyridine rings is 1. The van der Waals surface area contributed by atoms with Crippen LogP contribution in [-0.2, 0) is 20.5 Å². The molecular formula is C18H17N3O. The van der Waals surface area contributed by atoms with Crippen LogP contribution in [0.4, 0.5) is 0 Å². The second-order valence-corrected chi connectivity index (χ2v) is 5.28. The molecule has 3 aromatic rings. The molecule has 0 bridgehead atoms. The highest BCUT2D eigenvalue weighted by Gasteiger charge is 2.08. The molecule has 0 saturated heterocycles. The molecule has 0 aliphatic heterocycles. The van der Waals surface area contributed by atoms with Gasteiger partial charge in [0.25, 0.3) is 5.56 Å². The third-order valence-electron chi connectivity index (χ3n) is 3.78. The zero-order chi connectivity index (χ0) is 15.7. The quantitative estimate of drug-likeness (QED) is 0.645. The normalized spacial score (nSPS) is 10.5. The summed E-state index contributed by atoms with van der Waals surface area (Å²) < 4.78 is 3.41. The molecule has 0 amide bonds. The lowest BCUT2D eigenvalue weighted by atomic mass is 10.0. The maximum absolute atomic E-state index is 12.6. The van der Waals surface area contributed by atoms with Gasteiger partial charge >= 0.3 is 0 Å². The predicted octanol–water partition coefficient (Wildman–Crippen LogP) is 2.23. The van der Waals surface area contributed by atoms with Gasteiger partial charge in [-0.1, -0.05) is 30.9 Å². The van der Waals surface area contributed by atoms with Gasteiger partial charge in [-0.05, 0) is 23.9 Å². The first kappa shape index (κ1) is 14.2. The maximum atomic E-state index is 12.6. The first-order valence-corrected chi connectivity index (χ1v) is 7.22. The fourth-order valence-electron chi connectivity index (χ4n) is 2.57. The Labute approximate surface area is 129 Å². The SMILES string of the molecule is CCc1cc2cccc(C#Cc3cnn(C)c3)c2c(=O)n1C. The highest BCUT2D eigenvalue weighted by Crippen LogP contribution is 2.16.